The zero-order chi connectivity index (χ0) is 11.2. The number of aryl methyl sites for hydroxylation is 2. The molecule has 2 rings (SSSR count). The molecule has 0 radical (unpaired) electrons. The number of nitrogens with zero attached hydrogens (tertiary/aromatic N) is 1. The van der Waals surface area contributed by atoms with Crippen LogP contribution in [-0.4, -0.2) is 0 Å². The third-order valence-electron chi connectivity index (χ3n) is 2.62. The Morgan fingerprint density at radius 3 is 2.25 bits per heavy atom. The van der Waals surface area contributed by atoms with E-state index in [4.69, 9.17) is 0 Å². The van der Waals surface area contributed by atoms with E-state index in [9.17, 15) is 4.91 Å². The van der Waals surface area contributed by atoms with E-state index in [1.807, 2.05) is 36.4 Å². The van der Waals surface area contributed by atoms with E-state index in [-0.39, 0.29) is 0 Å². The van der Waals surface area contributed by atoms with Gasteiger partial charge in [-0.3, -0.25) is 0 Å². The van der Waals surface area contributed by atoms with E-state index in [0.717, 1.165) is 18.4 Å². The molecule has 80 valence electrons. The van der Waals surface area contributed by atoms with Crippen LogP contribution in [0.2, 0.25) is 0 Å². The molecule has 0 fully saturated rings. The Bertz CT molecular complexity index is 465. The number of benzene rings is 2. The van der Waals surface area contributed by atoms with Crippen LogP contribution >= 0.6 is 0 Å². The minimum atomic E-state index is 0.554. The first kappa shape index (κ1) is 10.6. The SMILES string of the molecule is O=Nc1ccccc1CCc1ccccc1. The van der Waals surface area contributed by atoms with Gasteiger partial charge in [-0.25, -0.2) is 0 Å². The molecule has 0 amide bonds. The normalized spacial score (nSPS) is 10.0. The Morgan fingerprint density at radius 1 is 0.812 bits per heavy atom. The summed E-state index contributed by atoms with van der Waals surface area (Å²) >= 11 is 0. The van der Waals surface area contributed by atoms with Gasteiger partial charge in [-0.2, -0.15) is 0 Å². The Morgan fingerprint density at radius 2 is 1.50 bits per heavy atom. The second-order valence-electron chi connectivity index (χ2n) is 3.71. The van der Waals surface area contributed by atoms with Gasteiger partial charge in [0.1, 0.15) is 5.69 Å². The van der Waals surface area contributed by atoms with Crippen LogP contribution in [0.3, 0.4) is 0 Å². The fourth-order valence-electron chi connectivity index (χ4n) is 1.73. The maximum atomic E-state index is 10.6. The van der Waals surface area contributed by atoms with Gasteiger partial charge in [-0.15, -0.1) is 4.91 Å². The Labute approximate surface area is 94.9 Å². The fourth-order valence-corrected chi connectivity index (χ4v) is 1.73. The van der Waals surface area contributed by atoms with E-state index >= 15 is 0 Å². The van der Waals surface area contributed by atoms with Crippen LogP contribution in [-0.2, 0) is 12.8 Å². The Balaban J connectivity index is 2.08. The van der Waals surface area contributed by atoms with E-state index in [2.05, 4.69) is 17.3 Å². The lowest BCUT2D eigenvalue weighted by molar-refractivity contribution is 0.959. The molecule has 0 aliphatic carbocycles. The molecule has 0 heterocycles. The molecular weight excluding hydrogens is 198 g/mol. The largest absolute Gasteiger partial charge is 0.145 e. The topological polar surface area (TPSA) is 29.4 Å². The summed E-state index contributed by atoms with van der Waals surface area (Å²) < 4.78 is 0. The maximum absolute atomic E-state index is 10.6. The monoisotopic (exact) mass is 211 g/mol. The minimum Gasteiger partial charge on any atom is -0.145 e. The quantitative estimate of drug-likeness (QED) is 0.706. The number of nitroso groups, excluding NO2 is 1. The molecule has 2 nitrogen and oxygen atoms in total. The highest BCUT2D eigenvalue weighted by Crippen LogP contribution is 2.19. The van der Waals surface area contributed by atoms with Crippen molar-refractivity contribution in [2.45, 2.75) is 12.8 Å². The van der Waals surface area contributed by atoms with Crippen LogP contribution in [0.5, 0.6) is 0 Å². The average Bonchev–Trinajstić information content (AvgIpc) is 2.38. The van der Waals surface area contributed by atoms with E-state index in [1.54, 1.807) is 6.07 Å². The van der Waals surface area contributed by atoms with Crippen molar-refractivity contribution in [2.24, 2.45) is 5.18 Å². The van der Waals surface area contributed by atoms with Crippen molar-refractivity contribution in [3.63, 3.8) is 0 Å². The van der Waals surface area contributed by atoms with Gasteiger partial charge < -0.3 is 0 Å². The molecule has 0 saturated carbocycles. The predicted molar refractivity (Wildman–Crippen MR) is 65.7 cm³/mol. The van der Waals surface area contributed by atoms with E-state index < -0.39 is 0 Å². The first-order valence-corrected chi connectivity index (χ1v) is 5.35. The number of hydrogen-bond donors (Lipinski definition) is 0. The van der Waals surface area contributed by atoms with Crippen LogP contribution < -0.4 is 0 Å². The van der Waals surface area contributed by atoms with Crippen LogP contribution in [0.4, 0.5) is 5.69 Å². The first-order chi connectivity index (χ1) is 7.90. The molecule has 0 N–H and O–H groups in total. The molecule has 0 aliphatic heterocycles. The zero-order valence-corrected chi connectivity index (χ0v) is 8.97. The third-order valence-corrected chi connectivity index (χ3v) is 2.62. The number of rotatable bonds is 4. The van der Waals surface area contributed by atoms with Crippen LogP contribution in [0.15, 0.2) is 59.8 Å². The van der Waals surface area contributed by atoms with Crippen LogP contribution in [0.1, 0.15) is 11.1 Å². The van der Waals surface area contributed by atoms with Crippen molar-refractivity contribution in [1.29, 1.82) is 0 Å². The van der Waals surface area contributed by atoms with E-state index in [1.165, 1.54) is 5.56 Å². The molecule has 0 atom stereocenters. The predicted octanol–water partition coefficient (Wildman–Crippen LogP) is 3.87. The average molecular weight is 211 g/mol. The second kappa shape index (κ2) is 5.21. The minimum absolute atomic E-state index is 0.554. The Kier molecular flexibility index (Phi) is 3.44. The molecule has 0 unspecified atom stereocenters. The summed E-state index contributed by atoms with van der Waals surface area (Å²) in [6, 6.07) is 17.7. The summed E-state index contributed by atoms with van der Waals surface area (Å²) in [5, 5.41) is 3.03. The smallest absolute Gasteiger partial charge is 0.111 e. The highest BCUT2D eigenvalue weighted by Gasteiger charge is 2.01. The van der Waals surface area contributed by atoms with Crippen molar-refractivity contribution in [3.05, 3.63) is 70.6 Å². The zero-order valence-electron chi connectivity index (χ0n) is 8.97. The van der Waals surface area contributed by atoms with Crippen molar-refractivity contribution in [2.75, 3.05) is 0 Å². The summed E-state index contributed by atoms with van der Waals surface area (Å²) in [4.78, 5) is 10.6. The molecule has 0 saturated heterocycles. The summed E-state index contributed by atoms with van der Waals surface area (Å²) in [5.41, 5.74) is 2.85. The molecule has 2 heteroatoms. The molecule has 0 bridgehead atoms. The van der Waals surface area contributed by atoms with Gasteiger partial charge in [0, 0.05) is 0 Å². The summed E-state index contributed by atoms with van der Waals surface area (Å²) in [7, 11) is 0. The molecular formula is C14H13NO. The molecule has 2 aromatic rings. The standard InChI is InChI=1S/C14H13NO/c16-15-14-9-5-4-8-13(14)11-10-12-6-2-1-3-7-12/h1-9H,10-11H2. The van der Waals surface area contributed by atoms with Gasteiger partial charge in [-0.05, 0) is 35.2 Å². The van der Waals surface area contributed by atoms with Gasteiger partial charge in [0.25, 0.3) is 0 Å². The van der Waals surface area contributed by atoms with Crippen LogP contribution in [0, 0.1) is 4.91 Å². The molecule has 0 aliphatic rings. The number of hydrogen-bond acceptors (Lipinski definition) is 2. The summed E-state index contributed by atoms with van der Waals surface area (Å²) in [6.07, 6.45) is 1.79. The van der Waals surface area contributed by atoms with Gasteiger partial charge >= 0.3 is 0 Å². The molecule has 0 spiro atoms. The summed E-state index contributed by atoms with van der Waals surface area (Å²) in [5.74, 6) is 0. The highest BCUT2D eigenvalue weighted by molar-refractivity contribution is 5.45. The maximum Gasteiger partial charge on any atom is 0.111 e. The van der Waals surface area contributed by atoms with E-state index in [0.29, 0.717) is 5.69 Å². The lowest BCUT2D eigenvalue weighted by Crippen LogP contribution is -1.91. The second-order valence-corrected chi connectivity index (χ2v) is 3.71. The molecule has 16 heavy (non-hydrogen) atoms. The van der Waals surface area contributed by atoms with Gasteiger partial charge in [0.15, 0.2) is 0 Å². The molecule has 2 aromatic carbocycles. The van der Waals surface area contributed by atoms with Crippen molar-refractivity contribution >= 4 is 5.69 Å². The third kappa shape index (κ3) is 2.54. The first-order valence-electron chi connectivity index (χ1n) is 5.35. The summed E-state index contributed by atoms with van der Waals surface area (Å²) in [6.45, 7) is 0. The van der Waals surface area contributed by atoms with Gasteiger partial charge in [-0.1, -0.05) is 48.5 Å². The Hall–Kier alpha value is -1.96. The van der Waals surface area contributed by atoms with Crippen molar-refractivity contribution < 1.29 is 0 Å². The highest BCUT2D eigenvalue weighted by atomic mass is 16.3. The lowest BCUT2D eigenvalue weighted by Gasteiger charge is -2.03. The van der Waals surface area contributed by atoms with Crippen LogP contribution in [0.25, 0.3) is 0 Å². The van der Waals surface area contributed by atoms with Gasteiger partial charge in [0.05, 0.1) is 0 Å². The molecule has 0 aromatic heterocycles. The lowest BCUT2D eigenvalue weighted by atomic mass is 10.0. The van der Waals surface area contributed by atoms with Crippen molar-refractivity contribution in [3.8, 4) is 0 Å². The van der Waals surface area contributed by atoms with Crippen molar-refractivity contribution in [1.82, 2.24) is 0 Å². The fraction of sp³-hybridized carbons (Fsp3) is 0.143. The van der Waals surface area contributed by atoms with Gasteiger partial charge in [0.2, 0.25) is 0 Å².